The summed E-state index contributed by atoms with van der Waals surface area (Å²) in [6.45, 7) is 0.587. The van der Waals surface area contributed by atoms with Crippen molar-refractivity contribution in [3.8, 4) is 0 Å². The van der Waals surface area contributed by atoms with E-state index >= 15 is 0 Å². The molecule has 0 amide bonds. The first-order valence-corrected chi connectivity index (χ1v) is 5.07. The Balaban J connectivity index is 0.00000256. The van der Waals surface area contributed by atoms with Gasteiger partial charge in [0, 0.05) is 7.11 Å². The highest BCUT2D eigenvalue weighted by Gasteiger charge is 2.13. The SMILES string of the molecule is COCc1ccc(C[C@H](N)C(=O)OC)cc1.Cl. The molecule has 0 spiro atoms. The topological polar surface area (TPSA) is 61.5 Å². The van der Waals surface area contributed by atoms with Crippen LogP contribution in [0.1, 0.15) is 11.1 Å². The lowest BCUT2D eigenvalue weighted by molar-refractivity contribution is -0.142. The summed E-state index contributed by atoms with van der Waals surface area (Å²) in [6, 6.07) is 7.21. The predicted octanol–water partition coefficient (Wildman–Crippen LogP) is 1.30. The van der Waals surface area contributed by atoms with Gasteiger partial charge in [0.15, 0.2) is 0 Å². The Morgan fingerprint density at radius 3 is 2.24 bits per heavy atom. The van der Waals surface area contributed by atoms with Gasteiger partial charge in [-0.1, -0.05) is 24.3 Å². The highest BCUT2D eigenvalue weighted by molar-refractivity contribution is 5.85. The van der Waals surface area contributed by atoms with Crippen molar-refractivity contribution >= 4 is 18.4 Å². The molecule has 0 unspecified atom stereocenters. The summed E-state index contributed by atoms with van der Waals surface area (Å²) in [6.07, 6.45) is 0.486. The summed E-state index contributed by atoms with van der Waals surface area (Å²) in [5.41, 5.74) is 7.76. The molecule has 1 aromatic carbocycles. The second-order valence-electron chi connectivity index (χ2n) is 3.58. The molecule has 0 saturated carbocycles. The molecule has 0 bridgehead atoms. The van der Waals surface area contributed by atoms with E-state index in [1.807, 2.05) is 24.3 Å². The minimum absolute atomic E-state index is 0. The molecule has 0 heterocycles. The van der Waals surface area contributed by atoms with Crippen molar-refractivity contribution in [1.29, 1.82) is 0 Å². The Labute approximate surface area is 108 Å². The largest absolute Gasteiger partial charge is 0.468 e. The van der Waals surface area contributed by atoms with E-state index in [-0.39, 0.29) is 18.4 Å². The van der Waals surface area contributed by atoms with Gasteiger partial charge in [0.2, 0.25) is 0 Å². The Bertz CT molecular complexity index is 340. The van der Waals surface area contributed by atoms with Gasteiger partial charge >= 0.3 is 5.97 Å². The van der Waals surface area contributed by atoms with Gasteiger partial charge in [-0.2, -0.15) is 0 Å². The fourth-order valence-corrected chi connectivity index (χ4v) is 1.43. The van der Waals surface area contributed by atoms with Gasteiger partial charge in [-0.25, -0.2) is 0 Å². The van der Waals surface area contributed by atoms with E-state index < -0.39 is 6.04 Å². The third-order valence-electron chi connectivity index (χ3n) is 2.29. The maximum absolute atomic E-state index is 11.1. The number of benzene rings is 1. The van der Waals surface area contributed by atoms with E-state index in [0.717, 1.165) is 11.1 Å². The summed E-state index contributed by atoms with van der Waals surface area (Å²) in [7, 11) is 2.99. The summed E-state index contributed by atoms with van der Waals surface area (Å²) in [4.78, 5) is 11.1. The van der Waals surface area contributed by atoms with Crippen LogP contribution in [0.2, 0.25) is 0 Å². The molecule has 96 valence electrons. The van der Waals surface area contributed by atoms with Gasteiger partial charge in [-0.15, -0.1) is 12.4 Å². The van der Waals surface area contributed by atoms with Crippen LogP contribution in [0.3, 0.4) is 0 Å². The summed E-state index contributed by atoms with van der Waals surface area (Å²) >= 11 is 0. The molecule has 5 heteroatoms. The van der Waals surface area contributed by atoms with E-state index in [1.54, 1.807) is 7.11 Å². The van der Waals surface area contributed by atoms with E-state index in [0.29, 0.717) is 13.0 Å². The van der Waals surface area contributed by atoms with Gasteiger partial charge in [0.05, 0.1) is 13.7 Å². The van der Waals surface area contributed by atoms with Crippen LogP contribution in [-0.4, -0.2) is 26.2 Å². The van der Waals surface area contributed by atoms with Gasteiger partial charge in [-0.3, -0.25) is 4.79 Å². The van der Waals surface area contributed by atoms with Crippen molar-refractivity contribution < 1.29 is 14.3 Å². The van der Waals surface area contributed by atoms with Crippen LogP contribution in [0, 0.1) is 0 Å². The van der Waals surface area contributed by atoms with Crippen LogP contribution < -0.4 is 5.73 Å². The van der Waals surface area contributed by atoms with Crippen LogP contribution in [0.15, 0.2) is 24.3 Å². The van der Waals surface area contributed by atoms with Crippen LogP contribution in [-0.2, 0) is 27.3 Å². The number of nitrogens with two attached hydrogens (primary N) is 1. The van der Waals surface area contributed by atoms with Crippen LogP contribution >= 0.6 is 12.4 Å². The normalized spacial score (nSPS) is 11.5. The quantitative estimate of drug-likeness (QED) is 0.810. The average Bonchev–Trinajstić information content (AvgIpc) is 2.31. The monoisotopic (exact) mass is 259 g/mol. The molecule has 1 atom stereocenters. The first-order valence-electron chi connectivity index (χ1n) is 5.07. The Morgan fingerprint density at radius 1 is 1.24 bits per heavy atom. The number of methoxy groups -OCH3 is 2. The van der Waals surface area contributed by atoms with Crippen LogP contribution in [0.25, 0.3) is 0 Å². The third-order valence-corrected chi connectivity index (χ3v) is 2.29. The predicted molar refractivity (Wildman–Crippen MR) is 68.1 cm³/mol. The molecule has 0 fully saturated rings. The molecule has 2 N–H and O–H groups in total. The Hall–Kier alpha value is -1.10. The lowest BCUT2D eigenvalue weighted by Gasteiger charge is -2.09. The molecule has 0 saturated heterocycles. The first-order chi connectivity index (χ1) is 7.67. The summed E-state index contributed by atoms with van der Waals surface area (Å²) in [5.74, 6) is -0.388. The number of rotatable bonds is 5. The average molecular weight is 260 g/mol. The number of hydrogen-bond donors (Lipinski definition) is 1. The molecular formula is C12H18ClNO3. The minimum atomic E-state index is -0.599. The third kappa shape index (κ3) is 5.17. The zero-order valence-electron chi connectivity index (χ0n) is 10.0. The Kier molecular flexibility index (Phi) is 7.54. The zero-order valence-corrected chi connectivity index (χ0v) is 10.8. The van der Waals surface area contributed by atoms with Crippen molar-refractivity contribution in [2.45, 2.75) is 19.1 Å². The van der Waals surface area contributed by atoms with Crippen molar-refractivity contribution in [3.63, 3.8) is 0 Å². The van der Waals surface area contributed by atoms with Crippen LogP contribution in [0.4, 0.5) is 0 Å². The van der Waals surface area contributed by atoms with E-state index in [4.69, 9.17) is 10.5 Å². The number of carbonyl (C=O) groups is 1. The smallest absolute Gasteiger partial charge is 0.322 e. The molecule has 1 aromatic rings. The number of carbonyl (C=O) groups excluding carboxylic acids is 1. The van der Waals surface area contributed by atoms with Gasteiger partial charge in [0.25, 0.3) is 0 Å². The van der Waals surface area contributed by atoms with Crippen LogP contribution in [0.5, 0.6) is 0 Å². The first kappa shape index (κ1) is 15.9. The molecule has 17 heavy (non-hydrogen) atoms. The fourth-order valence-electron chi connectivity index (χ4n) is 1.43. The van der Waals surface area contributed by atoms with Gasteiger partial charge in [0.1, 0.15) is 6.04 Å². The molecule has 0 aliphatic heterocycles. The van der Waals surface area contributed by atoms with Crippen molar-refractivity contribution in [2.24, 2.45) is 5.73 Å². The van der Waals surface area contributed by atoms with Crippen molar-refractivity contribution in [2.75, 3.05) is 14.2 Å². The highest BCUT2D eigenvalue weighted by atomic mass is 35.5. The number of esters is 1. The van der Waals surface area contributed by atoms with Gasteiger partial charge in [-0.05, 0) is 17.5 Å². The molecule has 0 radical (unpaired) electrons. The minimum Gasteiger partial charge on any atom is -0.468 e. The van der Waals surface area contributed by atoms with Crippen molar-refractivity contribution in [3.05, 3.63) is 35.4 Å². The molecule has 0 aromatic heterocycles. The Morgan fingerprint density at radius 2 is 1.76 bits per heavy atom. The van der Waals surface area contributed by atoms with E-state index in [1.165, 1.54) is 7.11 Å². The number of ether oxygens (including phenoxy) is 2. The molecule has 0 aliphatic carbocycles. The lowest BCUT2D eigenvalue weighted by atomic mass is 10.1. The standard InChI is InChI=1S/C12H17NO3.ClH/c1-15-8-10-5-3-9(4-6-10)7-11(13)12(14)16-2;/h3-6,11H,7-8,13H2,1-2H3;1H/t11-;/m0./s1. The van der Waals surface area contributed by atoms with E-state index in [2.05, 4.69) is 4.74 Å². The maximum atomic E-state index is 11.1. The lowest BCUT2D eigenvalue weighted by Crippen LogP contribution is -2.33. The second-order valence-corrected chi connectivity index (χ2v) is 3.58. The number of hydrogen-bond acceptors (Lipinski definition) is 4. The maximum Gasteiger partial charge on any atom is 0.322 e. The zero-order chi connectivity index (χ0) is 12.0. The molecule has 4 nitrogen and oxygen atoms in total. The fraction of sp³-hybridized carbons (Fsp3) is 0.417. The van der Waals surface area contributed by atoms with Crippen molar-refractivity contribution in [1.82, 2.24) is 0 Å². The highest BCUT2D eigenvalue weighted by Crippen LogP contribution is 2.07. The molecular weight excluding hydrogens is 242 g/mol. The molecule has 1 rings (SSSR count). The van der Waals surface area contributed by atoms with E-state index in [9.17, 15) is 4.79 Å². The summed E-state index contributed by atoms with van der Waals surface area (Å²) in [5, 5.41) is 0. The second kappa shape index (κ2) is 8.06. The molecule has 0 aliphatic rings. The summed E-state index contributed by atoms with van der Waals surface area (Å²) < 4.78 is 9.57. The number of halogens is 1. The van der Waals surface area contributed by atoms with Gasteiger partial charge < -0.3 is 15.2 Å².